The number of fused-ring (bicyclic) bond motifs is 1. The average Bonchev–Trinajstić information content (AvgIpc) is 3.43. The van der Waals surface area contributed by atoms with Gasteiger partial charge < -0.3 is 24.1 Å². The van der Waals surface area contributed by atoms with E-state index in [1.165, 1.54) is 7.11 Å². The van der Waals surface area contributed by atoms with Crippen molar-refractivity contribution < 1.29 is 23.8 Å². The molecule has 37 heavy (non-hydrogen) atoms. The molecule has 2 heterocycles. The molecular weight excluding hydrogens is 468 g/mol. The molecule has 196 valence electrons. The third-order valence-corrected chi connectivity index (χ3v) is 7.14. The van der Waals surface area contributed by atoms with Crippen molar-refractivity contribution in [3.8, 4) is 5.75 Å². The van der Waals surface area contributed by atoms with Crippen molar-refractivity contribution in [1.82, 2.24) is 9.80 Å². The van der Waals surface area contributed by atoms with Crippen LogP contribution in [0.3, 0.4) is 0 Å². The van der Waals surface area contributed by atoms with Crippen LogP contribution in [0.1, 0.15) is 62.3 Å². The summed E-state index contributed by atoms with van der Waals surface area (Å²) in [5.74, 6) is -1.03. The molecule has 0 saturated heterocycles. The number of ether oxygens (including phenoxy) is 1. The van der Waals surface area contributed by atoms with Crippen molar-refractivity contribution in [1.29, 1.82) is 0 Å². The van der Waals surface area contributed by atoms with Crippen LogP contribution in [0.25, 0.3) is 11.0 Å². The SMILES string of the molecule is CCN(CC)CCN1C(=O)C(O)=C(C(=O)c2cc3cccc(OC)c3o2)[C@@H]1c1ccc(C(C)(C)C)cc1. The van der Waals surface area contributed by atoms with Gasteiger partial charge in [0.25, 0.3) is 5.91 Å². The quantitative estimate of drug-likeness (QED) is 0.379. The number of furan rings is 1. The average molecular weight is 505 g/mol. The maximum atomic E-state index is 13.8. The number of likely N-dealkylation sites (N-methyl/N-ethyl adjacent to an activating group) is 1. The molecule has 2 aromatic carbocycles. The minimum atomic E-state index is -0.723. The monoisotopic (exact) mass is 504 g/mol. The van der Waals surface area contributed by atoms with Gasteiger partial charge in [-0.3, -0.25) is 9.59 Å². The second-order valence-corrected chi connectivity index (χ2v) is 10.4. The molecule has 1 atom stereocenters. The molecule has 4 rings (SSSR count). The number of para-hydroxylation sites is 1. The number of carbonyl (C=O) groups is 2. The summed E-state index contributed by atoms with van der Waals surface area (Å²) < 4.78 is 11.3. The van der Waals surface area contributed by atoms with Gasteiger partial charge in [-0.1, -0.05) is 71.0 Å². The van der Waals surface area contributed by atoms with Crippen LogP contribution in [-0.4, -0.2) is 59.9 Å². The number of carbonyl (C=O) groups excluding carboxylic acids is 2. The lowest BCUT2D eigenvalue weighted by Gasteiger charge is -2.29. The van der Waals surface area contributed by atoms with Gasteiger partial charge in [0, 0.05) is 18.5 Å². The van der Waals surface area contributed by atoms with Gasteiger partial charge in [0.15, 0.2) is 22.9 Å². The molecule has 0 bridgehead atoms. The number of hydrogen-bond acceptors (Lipinski definition) is 6. The summed E-state index contributed by atoms with van der Waals surface area (Å²) in [6.45, 7) is 13.2. The summed E-state index contributed by atoms with van der Waals surface area (Å²) in [5.41, 5.74) is 2.34. The third kappa shape index (κ3) is 5.01. The van der Waals surface area contributed by atoms with Gasteiger partial charge in [0.1, 0.15) is 0 Å². The standard InChI is InChI=1S/C30H36N2O5/c1-7-31(8-2)16-17-32-25(19-12-14-21(15-13-19)30(3,4)5)24(27(34)29(32)35)26(33)23-18-20-10-9-11-22(36-6)28(20)37-23/h9-15,18,25,34H,7-8,16-17H2,1-6H3/t25-/m0/s1. The number of Topliss-reactive ketones (excluding diaryl/α,β-unsaturated/α-hetero) is 1. The van der Waals surface area contributed by atoms with E-state index in [4.69, 9.17) is 9.15 Å². The molecule has 3 aromatic rings. The number of rotatable bonds is 9. The predicted octanol–water partition coefficient (Wildman–Crippen LogP) is 5.66. The fourth-order valence-electron chi connectivity index (χ4n) is 4.86. The van der Waals surface area contributed by atoms with E-state index in [1.54, 1.807) is 17.0 Å². The number of ketones is 1. The van der Waals surface area contributed by atoms with Gasteiger partial charge in [0.2, 0.25) is 5.78 Å². The fourth-order valence-corrected chi connectivity index (χ4v) is 4.86. The molecule has 0 aliphatic carbocycles. The lowest BCUT2D eigenvalue weighted by atomic mass is 9.85. The number of benzene rings is 2. The number of aliphatic hydroxyl groups is 1. The molecular formula is C30H36N2O5. The van der Waals surface area contributed by atoms with E-state index in [2.05, 4.69) is 39.5 Å². The Morgan fingerprint density at radius 1 is 1.11 bits per heavy atom. The Balaban J connectivity index is 1.77. The summed E-state index contributed by atoms with van der Waals surface area (Å²) >= 11 is 0. The molecule has 0 fully saturated rings. The number of amides is 1. The highest BCUT2D eigenvalue weighted by Gasteiger charge is 2.44. The normalized spacial score (nSPS) is 16.4. The van der Waals surface area contributed by atoms with Crippen LogP contribution in [0, 0.1) is 0 Å². The smallest absolute Gasteiger partial charge is 0.290 e. The zero-order valence-corrected chi connectivity index (χ0v) is 22.5. The minimum absolute atomic E-state index is 0.0334. The van der Waals surface area contributed by atoms with Crippen molar-refractivity contribution in [3.05, 3.63) is 76.8 Å². The number of aliphatic hydroxyl groups excluding tert-OH is 1. The largest absolute Gasteiger partial charge is 0.503 e. The first-order chi connectivity index (χ1) is 17.6. The second kappa shape index (κ2) is 10.4. The summed E-state index contributed by atoms with van der Waals surface area (Å²) in [7, 11) is 1.54. The first-order valence-corrected chi connectivity index (χ1v) is 12.8. The van der Waals surface area contributed by atoms with E-state index in [-0.39, 0.29) is 16.7 Å². The van der Waals surface area contributed by atoms with E-state index < -0.39 is 23.5 Å². The van der Waals surface area contributed by atoms with Crippen LogP contribution in [0.15, 0.2) is 64.3 Å². The summed E-state index contributed by atoms with van der Waals surface area (Å²) in [6, 6.07) is 14.2. The van der Waals surface area contributed by atoms with Gasteiger partial charge in [-0.15, -0.1) is 0 Å². The van der Waals surface area contributed by atoms with E-state index in [0.717, 1.165) is 24.2 Å². The van der Waals surface area contributed by atoms with Crippen molar-refractivity contribution in [2.45, 2.75) is 46.1 Å². The Bertz CT molecular complexity index is 1330. The highest BCUT2D eigenvalue weighted by Crippen LogP contribution is 2.40. The number of nitrogens with zero attached hydrogens (tertiary/aromatic N) is 2. The lowest BCUT2D eigenvalue weighted by molar-refractivity contribution is -0.129. The van der Waals surface area contributed by atoms with E-state index in [0.29, 0.717) is 29.8 Å². The van der Waals surface area contributed by atoms with Crippen LogP contribution >= 0.6 is 0 Å². The van der Waals surface area contributed by atoms with Crippen LogP contribution in [-0.2, 0) is 10.2 Å². The lowest BCUT2D eigenvalue weighted by Crippen LogP contribution is -2.38. The van der Waals surface area contributed by atoms with Crippen molar-refractivity contribution in [3.63, 3.8) is 0 Å². The van der Waals surface area contributed by atoms with Crippen molar-refractivity contribution >= 4 is 22.7 Å². The maximum absolute atomic E-state index is 13.8. The Morgan fingerprint density at radius 3 is 2.38 bits per heavy atom. The van der Waals surface area contributed by atoms with Crippen molar-refractivity contribution in [2.24, 2.45) is 0 Å². The minimum Gasteiger partial charge on any atom is -0.503 e. The molecule has 0 radical (unpaired) electrons. The van der Waals surface area contributed by atoms with Crippen LogP contribution < -0.4 is 4.74 Å². The van der Waals surface area contributed by atoms with E-state index in [1.807, 2.05) is 36.4 Å². The fraction of sp³-hybridized carbons (Fsp3) is 0.400. The Morgan fingerprint density at radius 2 is 1.78 bits per heavy atom. The third-order valence-electron chi connectivity index (χ3n) is 7.14. The van der Waals surface area contributed by atoms with Crippen LogP contribution in [0.5, 0.6) is 5.75 Å². The Kier molecular flexibility index (Phi) is 7.46. The van der Waals surface area contributed by atoms with Gasteiger partial charge in [-0.2, -0.15) is 0 Å². The number of hydrogen-bond donors (Lipinski definition) is 1. The first kappa shape index (κ1) is 26.5. The van der Waals surface area contributed by atoms with Gasteiger partial charge in [0.05, 0.1) is 18.7 Å². The maximum Gasteiger partial charge on any atom is 0.290 e. The predicted molar refractivity (Wildman–Crippen MR) is 144 cm³/mol. The van der Waals surface area contributed by atoms with Gasteiger partial charge in [-0.25, -0.2) is 0 Å². The molecule has 0 saturated carbocycles. The van der Waals surface area contributed by atoms with Crippen LogP contribution in [0.4, 0.5) is 0 Å². The van der Waals surface area contributed by atoms with Crippen LogP contribution in [0.2, 0.25) is 0 Å². The highest BCUT2D eigenvalue weighted by atomic mass is 16.5. The van der Waals surface area contributed by atoms with Gasteiger partial charge >= 0.3 is 0 Å². The molecule has 0 unspecified atom stereocenters. The molecule has 0 spiro atoms. The number of methoxy groups -OCH3 is 1. The Hall–Kier alpha value is -3.58. The van der Waals surface area contributed by atoms with E-state index in [9.17, 15) is 14.7 Å². The summed E-state index contributed by atoms with van der Waals surface area (Å²) in [6.07, 6.45) is 0. The molecule has 1 aromatic heterocycles. The van der Waals surface area contributed by atoms with Crippen molar-refractivity contribution in [2.75, 3.05) is 33.3 Å². The molecule has 1 aliphatic heterocycles. The molecule has 1 N–H and O–H groups in total. The molecule has 1 amide bonds. The first-order valence-electron chi connectivity index (χ1n) is 12.8. The molecule has 1 aliphatic rings. The summed E-state index contributed by atoms with van der Waals surface area (Å²) in [4.78, 5) is 31.0. The van der Waals surface area contributed by atoms with E-state index >= 15 is 0 Å². The Labute approximate surface area is 218 Å². The zero-order valence-electron chi connectivity index (χ0n) is 22.5. The zero-order chi connectivity index (χ0) is 26.9. The highest BCUT2D eigenvalue weighted by molar-refractivity contribution is 6.16. The molecule has 7 nitrogen and oxygen atoms in total. The van der Waals surface area contributed by atoms with Gasteiger partial charge in [-0.05, 0) is 41.8 Å². The topological polar surface area (TPSA) is 83.2 Å². The summed E-state index contributed by atoms with van der Waals surface area (Å²) in [5, 5.41) is 11.7. The molecule has 7 heteroatoms. The second-order valence-electron chi connectivity index (χ2n) is 10.4.